The van der Waals surface area contributed by atoms with Crippen LogP contribution in [0, 0.1) is 0 Å². The molecule has 3 rings (SSSR count). The van der Waals surface area contributed by atoms with E-state index < -0.39 is 11.9 Å². The van der Waals surface area contributed by atoms with E-state index in [9.17, 15) is 9.90 Å². The maximum Gasteiger partial charge on any atom is 0.312 e. The molecule has 0 radical (unpaired) electrons. The summed E-state index contributed by atoms with van der Waals surface area (Å²) in [6.45, 7) is 2.96. The normalized spacial score (nSPS) is 28.0. The molecule has 1 N–H and O–H groups in total. The Balaban J connectivity index is 1.89. The molecule has 0 bridgehead atoms. The lowest BCUT2D eigenvalue weighted by Crippen LogP contribution is -2.43. The van der Waals surface area contributed by atoms with Crippen molar-refractivity contribution in [3.8, 4) is 0 Å². The lowest BCUT2D eigenvalue weighted by Gasteiger charge is -2.36. The first-order valence-electron chi connectivity index (χ1n) is 6.38. The Morgan fingerprint density at radius 3 is 2.94 bits per heavy atom. The molecule has 0 aromatic heterocycles. The molecule has 2 unspecified atom stereocenters. The molecule has 96 valence electrons. The summed E-state index contributed by atoms with van der Waals surface area (Å²) >= 11 is 0. The minimum Gasteiger partial charge on any atom is -0.481 e. The number of benzene rings is 1. The third-order valence-corrected chi connectivity index (χ3v) is 3.94. The molecule has 18 heavy (non-hydrogen) atoms. The summed E-state index contributed by atoms with van der Waals surface area (Å²) in [7, 11) is 0. The molecule has 0 saturated carbocycles. The summed E-state index contributed by atoms with van der Waals surface area (Å²) in [6.07, 6.45) is 1.01. The molecule has 1 aromatic rings. The number of aliphatic carboxylic acids is 1. The minimum absolute atomic E-state index is 0.375. The van der Waals surface area contributed by atoms with Crippen molar-refractivity contribution < 1.29 is 14.6 Å². The van der Waals surface area contributed by atoms with Crippen molar-refractivity contribution in [3.05, 3.63) is 35.4 Å². The van der Waals surface area contributed by atoms with Gasteiger partial charge in [-0.25, -0.2) is 0 Å². The number of rotatable bonds is 2. The van der Waals surface area contributed by atoms with Gasteiger partial charge in [0.1, 0.15) is 0 Å². The van der Waals surface area contributed by atoms with Crippen molar-refractivity contribution in [3.63, 3.8) is 0 Å². The monoisotopic (exact) mass is 247 g/mol. The Labute approximate surface area is 106 Å². The Kier molecular flexibility index (Phi) is 3.06. The average Bonchev–Trinajstić information content (AvgIpc) is 2.91. The third kappa shape index (κ3) is 2.02. The first-order chi connectivity index (χ1) is 8.75. The summed E-state index contributed by atoms with van der Waals surface area (Å²) in [4.78, 5) is 13.7. The first-order valence-corrected chi connectivity index (χ1v) is 6.38. The van der Waals surface area contributed by atoms with Gasteiger partial charge in [-0.05, 0) is 17.5 Å². The van der Waals surface area contributed by atoms with Gasteiger partial charge in [0.25, 0.3) is 0 Å². The van der Waals surface area contributed by atoms with E-state index in [2.05, 4.69) is 4.90 Å². The second-order valence-electron chi connectivity index (χ2n) is 5.04. The Bertz CT molecular complexity index is 454. The highest BCUT2D eigenvalue weighted by Gasteiger charge is 2.34. The van der Waals surface area contributed by atoms with Crippen LogP contribution in [0.3, 0.4) is 0 Å². The van der Waals surface area contributed by atoms with Crippen LogP contribution < -0.4 is 0 Å². The van der Waals surface area contributed by atoms with Crippen LogP contribution >= 0.6 is 0 Å². The molecule has 1 aromatic carbocycles. The number of hydrogen-bond acceptors (Lipinski definition) is 3. The quantitative estimate of drug-likeness (QED) is 0.859. The van der Waals surface area contributed by atoms with Crippen LogP contribution in [0.5, 0.6) is 0 Å². The molecule has 0 amide bonds. The van der Waals surface area contributed by atoms with Gasteiger partial charge in [0.2, 0.25) is 0 Å². The lowest BCUT2D eigenvalue weighted by molar-refractivity contribution is -0.139. The van der Waals surface area contributed by atoms with Gasteiger partial charge in [-0.1, -0.05) is 24.3 Å². The summed E-state index contributed by atoms with van der Waals surface area (Å²) in [5.41, 5.74) is 2.11. The molecule has 2 aliphatic rings. The van der Waals surface area contributed by atoms with Crippen molar-refractivity contribution in [2.24, 2.45) is 0 Å². The van der Waals surface area contributed by atoms with Crippen LogP contribution in [-0.4, -0.2) is 41.8 Å². The average molecular weight is 247 g/mol. The van der Waals surface area contributed by atoms with Crippen molar-refractivity contribution >= 4 is 5.97 Å². The van der Waals surface area contributed by atoms with Crippen molar-refractivity contribution in [1.29, 1.82) is 0 Å². The number of ether oxygens (including phenoxy) is 1. The maximum absolute atomic E-state index is 11.4. The highest BCUT2D eigenvalue weighted by molar-refractivity contribution is 5.77. The minimum atomic E-state index is -0.730. The van der Waals surface area contributed by atoms with E-state index in [-0.39, 0.29) is 0 Å². The summed E-state index contributed by atoms with van der Waals surface area (Å²) < 4.78 is 5.40. The summed E-state index contributed by atoms with van der Waals surface area (Å²) in [5, 5.41) is 9.39. The van der Waals surface area contributed by atoms with Crippen LogP contribution in [0.15, 0.2) is 24.3 Å². The van der Waals surface area contributed by atoms with Crippen molar-refractivity contribution in [2.75, 3.05) is 19.8 Å². The second kappa shape index (κ2) is 4.71. The Morgan fingerprint density at radius 2 is 2.22 bits per heavy atom. The van der Waals surface area contributed by atoms with E-state index in [4.69, 9.17) is 4.74 Å². The van der Waals surface area contributed by atoms with Crippen LogP contribution in [0.2, 0.25) is 0 Å². The molecule has 4 heteroatoms. The number of carboxylic acid groups (broad SMARTS) is 1. The molecule has 0 spiro atoms. The fraction of sp³-hybridized carbons (Fsp3) is 0.500. The number of carbonyl (C=O) groups is 1. The molecule has 1 fully saturated rings. The van der Waals surface area contributed by atoms with E-state index in [1.54, 1.807) is 0 Å². The van der Waals surface area contributed by atoms with Gasteiger partial charge in [0.15, 0.2) is 0 Å². The highest BCUT2D eigenvalue weighted by Crippen LogP contribution is 2.31. The fourth-order valence-corrected chi connectivity index (χ4v) is 2.93. The van der Waals surface area contributed by atoms with Gasteiger partial charge in [0, 0.05) is 25.7 Å². The van der Waals surface area contributed by atoms with E-state index in [0.29, 0.717) is 12.6 Å². The predicted octanol–water partition coefficient (Wildman–Crippen LogP) is 1.46. The molecular weight excluding hydrogens is 230 g/mol. The molecule has 2 heterocycles. The maximum atomic E-state index is 11.4. The van der Waals surface area contributed by atoms with Crippen molar-refractivity contribution in [1.82, 2.24) is 4.90 Å². The molecule has 2 atom stereocenters. The van der Waals surface area contributed by atoms with Crippen LogP contribution in [0.4, 0.5) is 0 Å². The topological polar surface area (TPSA) is 49.8 Å². The number of carboxylic acids is 1. The molecule has 4 nitrogen and oxygen atoms in total. The summed E-state index contributed by atoms with van der Waals surface area (Å²) in [5.74, 6) is -1.14. The molecular formula is C14H17NO3. The fourth-order valence-electron chi connectivity index (χ4n) is 2.93. The van der Waals surface area contributed by atoms with Gasteiger partial charge >= 0.3 is 5.97 Å². The van der Waals surface area contributed by atoms with Crippen LogP contribution in [0.25, 0.3) is 0 Å². The summed E-state index contributed by atoms with van der Waals surface area (Å²) in [6, 6.07) is 8.25. The standard InChI is InChI=1S/C14H17NO3/c16-14(17)13-8-15(11-5-6-18-9-11)7-10-3-1-2-4-12(10)13/h1-4,11,13H,5-9H2,(H,16,17). The zero-order valence-electron chi connectivity index (χ0n) is 10.2. The largest absolute Gasteiger partial charge is 0.481 e. The van der Waals surface area contributed by atoms with E-state index >= 15 is 0 Å². The SMILES string of the molecule is O=C(O)C1CN(C2CCOC2)Cc2ccccc21. The Morgan fingerprint density at radius 1 is 1.39 bits per heavy atom. The van der Waals surface area contributed by atoms with E-state index in [1.165, 1.54) is 0 Å². The van der Waals surface area contributed by atoms with Gasteiger partial charge in [-0.15, -0.1) is 0 Å². The third-order valence-electron chi connectivity index (χ3n) is 3.94. The zero-order chi connectivity index (χ0) is 12.5. The Hall–Kier alpha value is -1.39. The first kappa shape index (κ1) is 11.7. The van der Waals surface area contributed by atoms with Crippen LogP contribution in [-0.2, 0) is 16.1 Å². The van der Waals surface area contributed by atoms with Crippen LogP contribution in [0.1, 0.15) is 23.5 Å². The number of fused-ring (bicyclic) bond motifs is 1. The van der Waals surface area contributed by atoms with Gasteiger partial charge in [-0.2, -0.15) is 0 Å². The van der Waals surface area contributed by atoms with E-state index in [0.717, 1.165) is 37.3 Å². The predicted molar refractivity (Wildman–Crippen MR) is 66.5 cm³/mol. The zero-order valence-corrected chi connectivity index (χ0v) is 10.2. The number of nitrogens with zero attached hydrogens (tertiary/aromatic N) is 1. The van der Waals surface area contributed by atoms with Gasteiger partial charge in [-0.3, -0.25) is 9.69 Å². The molecule has 1 saturated heterocycles. The van der Waals surface area contributed by atoms with Gasteiger partial charge < -0.3 is 9.84 Å². The smallest absolute Gasteiger partial charge is 0.312 e. The van der Waals surface area contributed by atoms with Crippen molar-refractivity contribution in [2.45, 2.75) is 24.9 Å². The molecule has 2 aliphatic heterocycles. The lowest BCUT2D eigenvalue weighted by atomic mass is 9.89. The second-order valence-corrected chi connectivity index (χ2v) is 5.04. The number of hydrogen-bond donors (Lipinski definition) is 1. The van der Waals surface area contributed by atoms with E-state index in [1.807, 2.05) is 24.3 Å². The molecule has 0 aliphatic carbocycles. The highest BCUT2D eigenvalue weighted by atomic mass is 16.5. The van der Waals surface area contributed by atoms with Gasteiger partial charge in [0.05, 0.1) is 12.5 Å².